The second-order valence-electron chi connectivity index (χ2n) is 5.30. The van der Waals surface area contributed by atoms with Gasteiger partial charge in [-0.05, 0) is 54.6 Å². The van der Waals surface area contributed by atoms with Gasteiger partial charge in [0.05, 0.1) is 22.1 Å². The van der Waals surface area contributed by atoms with Crippen molar-refractivity contribution in [3.8, 4) is 5.75 Å². The summed E-state index contributed by atoms with van der Waals surface area (Å²) in [4.78, 5) is 36.5. The van der Waals surface area contributed by atoms with E-state index in [1.807, 2.05) is 6.92 Å². The molecule has 2 amide bonds. The van der Waals surface area contributed by atoms with Crippen molar-refractivity contribution in [1.29, 1.82) is 0 Å². The Labute approximate surface area is 153 Å². The van der Waals surface area contributed by atoms with Crippen molar-refractivity contribution in [1.82, 2.24) is 0 Å². The van der Waals surface area contributed by atoms with E-state index in [9.17, 15) is 19.7 Å². The summed E-state index contributed by atoms with van der Waals surface area (Å²) in [6.07, 6.45) is 1.48. The first-order valence-electron chi connectivity index (χ1n) is 7.75. The van der Waals surface area contributed by atoms with Crippen LogP contribution in [0.4, 0.5) is 16.2 Å². The summed E-state index contributed by atoms with van der Waals surface area (Å²) < 4.78 is 5.35. The van der Waals surface area contributed by atoms with Gasteiger partial charge in [-0.25, -0.2) is 4.90 Å². The molecule has 0 atom stereocenters. The molecule has 0 unspecified atom stereocenters. The Morgan fingerprint density at radius 1 is 1.19 bits per heavy atom. The van der Waals surface area contributed by atoms with Crippen LogP contribution in [0.2, 0.25) is 0 Å². The van der Waals surface area contributed by atoms with Crippen LogP contribution in [-0.4, -0.2) is 22.7 Å². The summed E-state index contributed by atoms with van der Waals surface area (Å²) in [5, 5.41) is 10.4. The van der Waals surface area contributed by atoms with E-state index in [4.69, 9.17) is 4.74 Å². The molecule has 26 heavy (non-hydrogen) atoms. The summed E-state index contributed by atoms with van der Waals surface area (Å²) in [5.41, 5.74) is 0.847. The zero-order chi connectivity index (χ0) is 18.7. The average Bonchev–Trinajstić information content (AvgIpc) is 2.90. The van der Waals surface area contributed by atoms with E-state index < -0.39 is 16.1 Å². The molecule has 0 spiro atoms. The Bertz CT molecular complexity index is 908. The van der Waals surface area contributed by atoms with Crippen LogP contribution >= 0.6 is 11.8 Å². The van der Waals surface area contributed by atoms with E-state index in [0.29, 0.717) is 23.6 Å². The molecule has 1 aliphatic heterocycles. The van der Waals surface area contributed by atoms with Crippen LogP contribution in [0.5, 0.6) is 5.75 Å². The molecule has 132 valence electrons. The minimum atomic E-state index is -0.511. The van der Waals surface area contributed by atoms with Gasteiger partial charge >= 0.3 is 0 Å². The van der Waals surface area contributed by atoms with Gasteiger partial charge in [-0.3, -0.25) is 19.7 Å². The molecule has 1 aliphatic rings. The zero-order valence-corrected chi connectivity index (χ0v) is 14.6. The number of anilines is 1. The molecule has 2 aromatic rings. The lowest BCUT2D eigenvalue weighted by molar-refractivity contribution is -0.384. The van der Waals surface area contributed by atoms with Crippen molar-refractivity contribution in [2.24, 2.45) is 0 Å². The number of hydrogen-bond acceptors (Lipinski definition) is 6. The molecule has 1 heterocycles. The number of non-ortho nitro benzene ring substituents is 1. The predicted molar refractivity (Wildman–Crippen MR) is 99.2 cm³/mol. The number of nitro groups is 1. The molecule has 0 bridgehead atoms. The first-order chi connectivity index (χ1) is 12.5. The maximum atomic E-state index is 12.6. The predicted octanol–water partition coefficient (Wildman–Crippen LogP) is 4.23. The normalized spacial score (nSPS) is 15.6. The number of amides is 2. The average molecular weight is 370 g/mol. The van der Waals surface area contributed by atoms with Gasteiger partial charge < -0.3 is 4.74 Å². The molecule has 0 aromatic heterocycles. The van der Waals surface area contributed by atoms with Gasteiger partial charge in [-0.1, -0.05) is 12.1 Å². The van der Waals surface area contributed by atoms with Crippen LogP contribution in [0, 0.1) is 10.1 Å². The number of rotatable bonds is 5. The van der Waals surface area contributed by atoms with Crippen molar-refractivity contribution < 1.29 is 19.2 Å². The molecule has 3 rings (SSSR count). The lowest BCUT2D eigenvalue weighted by Crippen LogP contribution is -2.27. The Balaban J connectivity index is 1.86. The fourth-order valence-electron chi connectivity index (χ4n) is 2.43. The highest BCUT2D eigenvalue weighted by atomic mass is 32.2. The molecule has 0 N–H and O–H groups in total. The molecule has 1 fully saturated rings. The van der Waals surface area contributed by atoms with Gasteiger partial charge in [0, 0.05) is 12.1 Å². The highest BCUT2D eigenvalue weighted by Crippen LogP contribution is 2.36. The zero-order valence-electron chi connectivity index (χ0n) is 13.7. The summed E-state index contributed by atoms with van der Waals surface area (Å²) >= 11 is 0.798. The van der Waals surface area contributed by atoms with E-state index in [1.165, 1.54) is 24.3 Å². The first-order valence-corrected chi connectivity index (χ1v) is 8.56. The van der Waals surface area contributed by atoms with Crippen LogP contribution in [-0.2, 0) is 4.79 Å². The van der Waals surface area contributed by atoms with Crippen molar-refractivity contribution >= 4 is 40.4 Å². The first kappa shape index (κ1) is 17.7. The van der Waals surface area contributed by atoms with Crippen molar-refractivity contribution in [3.05, 3.63) is 69.1 Å². The maximum absolute atomic E-state index is 12.6. The van der Waals surface area contributed by atoms with Gasteiger partial charge in [-0.15, -0.1) is 0 Å². The van der Waals surface area contributed by atoms with E-state index in [-0.39, 0.29) is 10.6 Å². The topological polar surface area (TPSA) is 89.8 Å². The van der Waals surface area contributed by atoms with Crippen molar-refractivity contribution in [3.63, 3.8) is 0 Å². The quantitative estimate of drug-likeness (QED) is 0.444. The van der Waals surface area contributed by atoms with Gasteiger partial charge in [0.15, 0.2) is 0 Å². The fraction of sp³-hybridized carbons (Fsp3) is 0.111. The summed E-state index contributed by atoms with van der Waals surface area (Å²) in [6, 6.07) is 12.5. The molecule has 0 saturated carbocycles. The minimum Gasteiger partial charge on any atom is -0.494 e. The summed E-state index contributed by atoms with van der Waals surface area (Å²) in [5.74, 6) is 0.186. The number of imide groups is 1. The van der Waals surface area contributed by atoms with Crippen LogP contribution in [0.25, 0.3) is 6.08 Å². The third-order valence-electron chi connectivity index (χ3n) is 3.58. The fourth-order valence-corrected chi connectivity index (χ4v) is 3.27. The number of thioether (sulfide) groups is 1. The van der Waals surface area contributed by atoms with Gasteiger partial charge in [-0.2, -0.15) is 0 Å². The third kappa shape index (κ3) is 3.60. The number of nitrogens with zero attached hydrogens (tertiary/aromatic N) is 2. The number of hydrogen-bond donors (Lipinski definition) is 0. The van der Waals surface area contributed by atoms with E-state index in [2.05, 4.69) is 0 Å². The molecule has 2 aromatic carbocycles. The monoisotopic (exact) mass is 370 g/mol. The highest BCUT2D eigenvalue weighted by molar-refractivity contribution is 8.19. The molecule has 1 saturated heterocycles. The molecule has 0 radical (unpaired) electrons. The third-order valence-corrected chi connectivity index (χ3v) is 4.45. The standard InChI is InChI=1S/C18H14N2O5S/c1-2-25-15-8-6-13(7-9-15)19-17(21)16(26-18(19)22)11-12-4-3-5-14(10-12)20(23)24/h3-11H,2H2,1H3. The number of ether oxygens (including phenoxy) is 1. The molecular weight excluding hydrogens is 356 g/mol. The number of carbonyl (C=O) groups is 2. The Morgan fingerprint density at radius 3 is 2.58 bits per heavy atom. The number of nitro benzene ring substituents is 1. The van der Waals surface area contributed by atoms with Crippen LogP contribution < -0.4 is 9.64 Å². The van der Waals surface area contributed by atoms with Crippen molar-refractivity contribution in [2.45, 2.75) is 6.92 Å². The second kappa shape index (κ2) is 7.40. The Morgan fingerprint density at radius 2 is 1.92 bits per heavy atom. The van der Waals surface area contributed by atoms with E-state index >= 15 is 0 Å². The van der Waals surface area contributed by atoms with Crippen LogP contribution in [0.15, 0.2) is 53.4 Å². The highest BCUT2D eigenvalue weighted by Gasteiger charge is 2.36. The Kier molecular flexibility index (Phi) is 5.04. The van der Waals surface area contributed by atoms with Gasteiger partial charge in [0.2, 0.25) is 0 Å². The molecule has 8 heteroatoms. The summed E-state index contributed by atoms with van der Waals surface area (Å²) in [6.45, 7) is 2.38. The summed E-state index contributed by atoms with van der Waals surface area (Å²) in [7, 11) is 0. The number of carbonyl (C=O) groups excluding carboxylic acids is 2. The van der Waals surface area contributed by atoms with Gasteiger partial charge in [0.25, 0.3) is 16.8 Å². The SMILES string of the molecule is CCOc1ccc(N2C(=O)SC(=Cc3cccc([N+](=O)[O-])c3)C2=O)cc1. The lowest BCUT2D eigenvalue weighted by Gasteiger charge is -2.13. The molecular formula is C18H14N2O5S. The smallest absolute Gasteiger partial charge is 0.298 e. The molecule has 0 aliphatic carbocycles. The lowest BCUT2D eigenvalue weighted by atomic mass is 10.2. The van der Waals surface area contributed by atoms with Crippen LogP contribution in [0.3, 0.4) is 0 Å². The van der Waals surface area contributed by atoms with Gasteiger partial charge in [0.1, 0.15) is 5.75 Å². The largest absolute Gasteiger partial charge is 0.494 e. The van der Waals surface area contributed by atoms with E-state index in [1.54, 1.807) is 30.3 Å². The second-order valence-corrected chi connectivity index (χ2v) is 6.29. The van der Waals surface area contributed by atoms with Crippen molar-refractivity contribution in [2.75, 3.05) is 11.5 Å². The number of benzene rings is 2. The van der Waals surface area contributed by atoms with E-state index in [0.717, 1.165) is 16.7 Å². The van der Waals surface area contributed by atoms with Crippen LogP contribution in [0.1, 0.15) is 12.5 Å². The Hall–Kier alpha value is -3.13. The molecule has 7 nitrogen and oxygen atoms in total. The minimum absolute atomic E-state index is 0.0792. The maximum Gasteiger partial charge on any atom is 0.298 e.